The Morgan fingerprint density at radius 3 is 2.00 bits per heavy atom. The Morgan fingerprint density at radius 1 is 0.947 bits per heavy atom. The molecule has 0 amide bonds. The number of benzene rings is 2. The highest BCUT2D eigenvalue weighted by molar-refractivity contribution is 7.91. The molecule has 0 aliphatic heterocycles. The molecular weight excluding hydrogens is 256 g/mol. The molecule has 0 aromatic heterocycles. The molecule has 0 heterocycles. The molecule has 0 radical (unpaired) electrons. The molecule has 2 aromatic carbocycles. The lowest BCUT2D eigenvalue weighted by atomic mass is 10.1. The molecule has 2 nitrogen and oxygen atoms in total. The van der Waals surface area contributed by atoms with Crippen molar-refractivity contribution in [1.82, 2.24) is 0 Å². The Labute approximate surface area is 114 Å². The van der Waals surface area contributed by atoms with Crippen LogP contribution in [-0.4, -0.2) is 8.42 Å². The average Bonchev–Trinajstić information content (AvgIpc) is 2.46. The van der Waals surface area contributed by atoms with Gasteiger partial charge in [-0.3, -0.25) is 0 Å². The summed E-state index contributed by atoms with van der Waals surface area (Å²) in [5, 5.41) is -0.575. The second kappa shape index (κ2) is 5.85. The van der Waals surface area contributed by atoms with Crippen LogP contribution in [0.5, 0.6) is 0 Å². The predicted molar refractivity (Wildman–Crippen MR) is 77.6 cm³/mol. The first kappa shape index (κ1) is 13.6. The zero-order valence-corrected chi connectivity index (χ0v) is 11.4. The van der Waals surface area contributed by atoms with Crippen molar-refractivity contribution >= 4 is 9.84 Å². The van der Waals surface area contributed by atoms with Gasteiger partial charge in [0.1, 0.15) is 0 Å². The third kappa shape index (κ3) is 2.93. The average molecular weight is 272 g/mol. The van der Waals surface area contributed by atoms with Gasteiger partial charge in [-0.05, 0) is 24.1 Å². The number of sulfone groups is 1. The van der Waals surface area contributed by atoms with E-state index in [9.17, 15) is 8.42 Å². The van der Waals surface area contributed by atoms with Crippen LogP contribution in [0.4, 0.5) is 0 Å². The summed E-state index contributed by atoms with van der Waals surface area (Å²) >= 11 is 0. The summed E-state index contributed by atoms with van der Waals surface area (Å²) < 4.78 is 25.3. The summed E-state index contributed by atoms with van der Waals surface area (Å²) in [4.78, 5) is 0.353. The number of hydrogen-bond donors (Lipinski definition) is 0. The summed E-state index contributed by atoms with van der Waals surface area (Å²) in [5.74, 6) is 0. The third-order valence-electron chi connectivity index (χ3n) is 3.00. The van der Waals surface area contributed by atoms with Crippen LogP contribution in [0, 0.1) is 0 Å². The van der Waals surface area contributed by atoms with E-state index in [-0.39, 0.29) is 0 Å². The van der Waals surface area contributed by atoms with Gasteiger partial charge in [0.25, 0.3) is 0 Å². The van der Waals surface area contributed by atoms with Gasteiger partial charge in [0.15, 0.2) is 9.84 Å². The molecule has 1 unspecified atom stereocenters. The highest BCUT2D eigenvalue weighted by atomic mass is 32.2. The fraction of sp³-hybridized carbons (Fsp3) is 0.125. The van der Waals surface area contributed by atoms with Crippen molar-refractivity contribution in [2.45, 2.75) is 16.6 Å². The van der Waals surface area contributed by atoms with E-state index in [0.717, 1.165) is 5.56 Å². The number of rotatable bonds is 5. The van der Waals surface area contributed by atoms with E-state index in [2.05, 4.69) is 6.58 Å². The first-order chi connectivity index (χ1) is 9.16. The molecule has 1 atom stereocenters. The van der Waals surface area contributed by atoms with Crippen molar-refractivity contribution in [2.75, 3.05) is 0 Å². The van der Waals surface area contributed by atoms with Gasteiger partial charge in [0, 0.05) is 0 Å². The lowest BCUT2D eigenvalue weighted by molar-refractivity contribution is 0.582. The van der Waals surface area contributed by atoms with Crippen molar-refractivity contribution in [2.24, 2.45) is 0 Å². The number of hydrogen-bond acceptors (Lipinski definition) is 2. The lowest BCUT2D eigenvalue weighted by Crippen LogP contribution is -2.13. The minimum Gasteiger partial charge on any atom is -0.223 e. The van der Waals surface area contributed by atoms with Gasteiger partial charge in [-0.2, -0.15) is 0 Å². The van der Waals surface area contributed by atoms with Crippen molar-refractivity contribution in [3.8, 4) is 0 Å². The molecule has 98 valence electrons. The van der Waals surface area contributed by atoms with Crippen molar-refractivity contribution in [3.05, 3.63) is 78.9 Å². The highest BCUT2D eigenvalue weighted by Gasteiger charge is 2.27. The smallest absolute Gasteiger partial charge is 0.185 e. The van der Waals surface area contributed by atoms with Gasteiger partial charge >= 0.3 is 0 Å². The summed E-state index contributed by atoms with van der Waals surface area (Å²) in [6.07, 6.45) is 2.05. The molecule has 2 aromatic rings. The number of allylic oxidation sites excluding steroid dienone is 1. The fourth-order valence-corrected chi connectivity index (χ4v) is 3.81. The first-order valence-corrected chi connectivity index (χ1v) is 7.65. The fourth-order valence-electron chi connectivity index (χ4n) is 2.04. The van der Waals surface area contributed by atoms with E-state index in [1.807, 2.05) is 36.4 Å². The second-order valence-corrected chi connectivity index (χ2v) is 6.41. The zero-order valence-electron chi connectivity index (χ0n) is 10.6. The van der Waals surface area contributed by atoms with Crippen LogP contribution in [0.15, 0.2) is 78.2 Å². The standard InChI is InChI=1S/C16H16O2S/c1-2-9-16(14-10-5-3-6-11-14)19(17,18)15-12-7-4-8-13-15/h2-8,10-13,16H,1,9H2. The first-order valence-electron chi connectivity index (χ1n) is 6.11. The maximum atomic E-state index is 12.7. The quantitative estimate of drug-likeness (QED) is 0.776. The van der Waals surface area contributed by atoms with Gasteiger partial charge in [-0.15, -0.1) is 6.58 Å². The summed E-state index contributed by atoms with van der Waals surface area (Å²) in [6.45, 7) is 3.67. The SMILES string of the molecule is C=CCC(c1ccccc1)S(=O)(=O)c1ccccc1. The van der Waals surface area contributed by atoms with Gasteiger partial charge < -0.3 is 0 Å². The van der Waals surface area contributed by atoms with E-state index >= 15 is 0 Å². The molecule has 0 fully saturated rings. The maximum Gasteiger partial charge on any atom is 0.185 e. The van der Waals surface area contributed by atoms with Crippen LogP contribution in [0.1, 0.15) is 17.2 Å². The van der Waals surface area contributed by atoms with Crippen LogP contribution >= 0.6 is 0 Å². The van der Waals surface area contributed by atoms with Crippen LogP contribution in [0.25, 0.3) is 0 Å². The molecule has 19 heavy (non-hydrogen) atoms. The minimum absolute atomic E-state index is 0.353. The topological polar surface area (TPSA) is 34.1 Å². The largest absolute Gasteiger partial charge is 0.223 e. The summed E-state index contributed by atoms with van der Waals surface area (Å²) in [5.41, 5.74) is 0.797. The molecule has 0 spiro atoms. The molecule has 0 aliphatic rings. The lowest BCUT2D eigenvalue weighted by Gasteiger charge is -2.16. The van der Waals surface area contributed by atoms with Crippen LogP contribution in [-0.2, 0) is 9.84 Å². The van der Waals surface area contributed by atoms with Crippen molar-refractivity contribution in [1.29, 1.82) is 0 Å². The Hall–Kier alpha value is -1.87. The molecule has 0 N–H and O–H groups in total. The van der Waals surface area contributed by atoms with E-state index in [4.69, 9.17) is 0 Å². The van der Waals surface area contributed by atoms with Gasteiger partial charge in [0.2, 0.25) is 0 Å². The Kier molecular flexibility index (Phi) is 4.17. The predicted octanol–water partition coefficient (Wildman–Crippen LogP) is 3.78. The molecule has 3 heteroatoms. The van der Waals surface area contributed by atoms with Crippen LogP contribution in [0.2, 0.25) is 0 Å². The van der Waals surface area contributed by atoms with E-state index in [1.165, 1.54) is 0 Å². The van der Waals surface area contributed by atoms with Gasteiger partial charge in [-0.25, -0.2) is 8.42 Å². The van der Waals surface area contributed by atoms with E-state index in [1.54, 1.807) is 30.3 Å². The normalized spacial score (nSPS) is 12.8. The monoisotopic (exact) mass is 272 g/mol. The Balaban J connectivity index is 2.48. The summed E-state index contributed by atoms with van der Waals surface area (Å²) in [6, 6.07) is 17.8. The van der Waals surface area contributed by atoms with Gasteiger partial charge in [-0.1, -0.05) is 54.6 Å². The Morgan fingerprint density at radius 2 is 1.47 bits per heavy atom. The van der Waals surface area contributed by atoms with E-state index < -0.39 is 15.1 Å². The molecule has 0 saturated carbocycles. The van der Waals surface area contributed by atoms with E-state index in [0.29, 0.717) is 11.3 Å². The van der Waals surface area contributed by atoms with Crippen molar-refractivity contribution in [3.63, 3.8) is 0 Å². The van der Waals surface area contributed by atoms with Crippen molar-refractivity contribution < 1.29 is 8.42 Å². The zero-order chi connectivity index (χ0) is 13.7. The highest BCUT2D eigenvalue weighted by Crippen LogP contribution is 2.31. The molecule has 2 rings (SSSR count). The molecule has 0 aliphatic carbocycles. The molecule has 0 saturated heterocycles. The minimum atomic E-state index is -3.39. The van der Waals surface area contributed by atoms with Crippen LogP contribution in [0.3, 0.4) is 0 Å². The maximum absolute atomic E-state index is 12.7. The second-order valence-electron chi connectivity index (χ2n) is 4.28. The third-order valence-corrected chi connectivity index (χ3v) is 5.14. The Bertz CT molecular complexity index is 631. The summed E-state index contributed by atoms with van der Waals surface area (Å²) in [7, 11) is -3.39. The molecule has 0 bridgehead atoms. The molecular formula is C16H16O2S. The van der Waals surface area contributed by atoms with Crippen LogP contribution < -0.4 is 0 Å². The van der Waals surface area contributed by atoms with Gasteiger partial charge in [0.05, 0.1) is 10.1 Å².